The molecule has 0 saturated heterocycles. The van der Waals surface area contributed by atoms with E-state index < -0.39 is 0 Å². The highest BCUT2D eigenvalue weighted by Gasteiger charge is 2.17. The van der Waals surface area contributed by atoms with Crippen molar-refractivity contribution in [2.24, 2.45) is 5.92 Å². The first-order valence-electron chi connectivity index (χ1n) is 6.98. The van der Waals surface area contributed by atoms with Crippen molar-refractivity contribution in [2.45, 2.75) is 59.4 Å². The van der Waals surface area contributed by atoms with Crippen molar-refractivity contribution in [1.29, 1.82) is 0 Å². The molecule has 1 aromatic heterocycles. The Hall–Kier alpha value is -0.340. The maximum absolute atomic E-state index is 3.72. The van der Waals surface area contributed by atoms with E-state index >= 15 is 0 Å². The van der Waals surface area contributed by atoms with Gasteiger partial charge < -0.3 is 5.32 Å². The summed E-state index contributed by atoms with van der Waals surface area (Å²) in [5, 5.41) is 8.31. The first-order chi connectivity index (χ1) is 8.22. The molecule has 0 spiro atoms. The van der Waals surface area contributed by atoms with E-state index in [1.54, 1.807) is 0 Å². The molecule has 1 nitrogen and oxygen atoms in total. The molecular weight excluding hydrogens is 226 g/mol. The molecule has 0 bridgehead atoms. The van der Waals surface area contributed by atoms with Crippen LogP contribution in [0.25, 0.3) is 0 Å². The number of hydrogen-bond acceptors (Lipinski definition) is 2. The molecule has 0 amide bonds. The lowest BCUT2D eigenvalue weighted by atomic mass is 9.91. The third-order valence-corrected chi connectivity index (χ3v) is 4.51. The van der Waals surface area contributed by atoms with Crippen LogP contribution in [0.2, 0.25) is 0 Å². The van der Waals surface area contributed by atoms with Gasteiger partial charge in [0.1, 0.15) is 0 Å². The van der Waals surface area contributed by atoms with Crippen molar-refractivity contribution in [3.05, 3.63) is 21.9 Å². The summed E-state index contributed by atoms with van der Waals surface area (Å²) < 4.78 is 0. The second-order valence-corrected chi connectivity index (χ2v) is 5.68. The molecule has 2 heteroatoms. The fourth-order valence-corrected chi connectivity index (χ4v) is 3.23. The second kappa shape index (κ2) is 7.88. The van der Waals surface area contributed by atoms with Crippen LogP contribution in [-0.2, 0) is 0 Å². The molecule has 1 rings (SSSR count). The molecule has 0 aliphatic heterocycles. The number of nitrogens with one attached hydrogen (secondary N) is 1. The van der Waals surface area contributed by atoms with Gasteiger partial charge in [0.2, 0.25) is 0 Å². The first-order valence-corrected chi connectivity index (χ1v) is 7.93. The van der Waals surface area contributed by atoms with Crippen LogP contribution in [0.5, 0.6) is 0 Å². The van der Waals surface area contributed by atoms with Gasteiger partial charge in [0.15, 0.2) is 0 Å². The van der Waals surface area contributed by atoms with E-state index in [0.717, 1.165) is 12.5 Å². The molecular formula is C15H27NS. The van der Waals surface area contributed by atoms with Crippen LogP contribution in [0, 0.1) is 12.8 Å². The quantitative estimate of drug-likeness (QED) is 0.693. The standard InChI is InChI=1S/C15H27NS/c1-5-8-16-15(9-13(6-2)7-3)14-11-17-10-12(14)4/h10-11,13,15-16H,5-9H2,1-4H3. The smallest absolute Gasteiger partial charge is 0.0333 e. The highest BCUT2D eigenvalue weighted by molar-refractivity contribution is 7.08. The molecule has 0 aliphatic rings. The van der Waals surface area contributed by atoms with E-state index in [-0.39, 0.29) is 0 Å². The van der Waals surface area contributed by atoms with Gasteiger partial charge in [0, 0.05) is 6.04 Å². The highest BCUT2D eigenvalue weighted by Crippen LogP contribution is 2.29. The normalized spacial score (nSPS) is 13.2. The Labute approximate surface area is 111 Å². The van der Waals surface area contributed by atoms with E-state index in [2.05, 4.69) is 43.8 Å². The minimum atomic E-state index is 0.561. The zero-order chi connectivity index (χ0) is 12.7. The average Bonchev–Trinajstić information content (AvgIpc) is 2.76. The van der Waals surface area contributed by atoms with Crippen LogP contribution in [0.15, 0.2) is 10.8 Å². The largest absolute Gasteiger partial charge is 0.310 e. The van der Waals surface area contributed by atoms with E-state index in [1.807, 2.05) is 11.3 Å². The van der Waals surface area contributed by atoms with Crippen LogP contribution < -0.4 is 5.32 Å². The molecule has 0 saturated carbocycles. The van der Waals surface area contributed by atoms with Crippen molar-refractivity contribution >= 4 is 11.3 Å². The molecule has 1 atom stereocenters. The number of thiophene rings is 1. The lowest BCUT2D eigenvalue weighted by molar-refractivity contribution is 0.371. The van der Waals surface area contributed by atoms with Gasteiger partial charge in [-0.15, -0.1) is 0 Å². The molecule has 1 heterocycles. The fraction of sp³-hybridized carbons (Fsp3) is 0.733. The Morgan fingerprint density at radius 2 is 1.88 bits per heavy atom. The Bertz CT molecular complexity index is 302. The molecule has 0 aromatic carbocycles. The summed E-state index contributed by atoms with van der Waals surface area (Å²) in [5.41, 5.74) is 2.98. The Morgan fingerprint density at radius 1 is 1.18 bits per heavy atom. The van der Waals surface area contributed by atoms with E-state index in [9.17, 15) is 0 Å². The van der Waals surface area contributed by atoms with Crippen LogP contribution in [0.4, 0.5) is 0 Å². The summed E-state index contributed by atoms with van der Waals surface area (Å²) in [4.78, 5) is 0. The fourth-order valence-electron chi connectivity index (χ4n) is 2.32. The van der Waals surface area contributed by atoms with Crippen molar-refractivity contribution in [3.8, 4) is 0 Å². The van der Waals surface area contributed by atoms with Gasteiger partial charge in [0.05, 0.1) is 0 Å². The summed E-state index contributed by atoms with van der Waals surface area (Å²) in [6, 6.07) is 0.561. The van der Waals surface area contributed by atoms with Crippen LogP contribution in [0.1, 0.15) is 63.6 Å². The molecule has 1 unspecified atom stereocenters. The summed E-state index contributed by atoms with van der Waals surface area (Å²) in [6.45, 7) is 10.2. The average molecular weight is 253 g/mol. The van der Waals surface area contributed by atoms with Gasteiger partial charge in [-0.25, -0.2) is 0 Å². The van der Waals surface area contributed by atoms with Crippen LogP contribution in [-0.4, -0.2) is 6.54 Å². The SMILES string of the molecule is CCCNC(CC(CC)CC)c1cscc1C. The molecule has 1 N–H and O–H groups in total. The zero-order valence-electron chi connectivity index (χ0n) is 11.8. The molecule has 0 fully saturated rings. The second-order valence-electron chi connectivity index (χ2n) is 4.94. The van der Waals surface area contributed by atoms with Crippen molar-refractivity contribution in [2.75, 3.05) is 6.54 Å². The third kappa shape index (κ3) is 4.44. The minimum absolute atomic E-state index is 0.561. The van der Waals surface area contributed by atoms with Crippen molar-refractivity contribution in [3.63, 3.8) is 0 Å². The summed E-state index contributed by atoms with van der Waals surface area (Å²) in [5.74, 6) is 0.851. The maximum Gasteiger partial charge on any atom is 0.0333 e. The maximum atomic E-state index is 3.72. The van der Waals surface area contributed by atoms with E-state index in [0.29, 0.717) is 6.04 Å². The summed E-state index contributed by atoms with van der Waals surface area (Å²) in [7, 11) is 0. The first kappa shape index (κ1) is 14.7. The lowest BCUT2D eigenvalue weighted by Gasteiger charge is -2.23. The van der Waals surface area contributed by atoms with Gasteiger partial charge in [-0.2, -0.15) is 11.3 Å². The minimum Gasteiger partial charge on any atom is -0.310 e. The molecule has 0 radical (unpaired) electrons. The number of rotatable bonds is 8. The van der Waals surface area contributed by atoms with E-state index in [1.165, 1.54) is 36.8 Å². The topological polar surface area (TPSA) is 12.0 Å². The van der Waals surface area contributed by atoms with Crippen molar-refractivity contribution in [1.82, 2.24) is 5.32 Å². The number of hydrogen-bond donors (Lipinski definition) is 1. The van der Waals surface area contributed by atoms with E-state index in [4.69, 9.17) is 0 Å². The molecule has 98 valence electrons. The molecule has 1 aromatic rings. The summed E-state index contributed by atoms with van der Waals surface area (Å²) >= 11 is 1.83. The Morgan fingerprint density at radius 3 is 2.35 bits per heavy atom. The van der Waals surface area contributed by atoms with Crippen LogP contribution >= 0.6 is 11.3 Å². The zero-order valence-corrected chi connectivity index (χ0v) is 12.6. The van der Waals surface area contributed by atoms with Gasteiger partial charge in [-0.1, -0.05) is 33.6 Å². The highest BCUT2D eigenvalue weighted by atomic mass is 32.1. The Balaban J connectivity index is 2.70. The van der Waals surface area contributed by atoms with Gasteiger partial charge in [0.25, 0.3) is 0 Å². The Kier molecular flexibility index (Phi) is 6.83. The van der Waals surface area contributed by atoms with Gasteiger partial charge in [-0.05, 0) is 54.1 Å². The summed E-state index contributed by atoms with van der Waals surface area (Å²) in [6.07, 6.45) is 5.08. The third-order valence-electron chi connectivity index (χ3n) is 3.64. The monoisotopic (exact) mass is 253 g/mol. The lowest BCUT2D eigenvalue weighted by Crippen LogP contribution is -2.24. The van der Waals surface area contributed by atoms with Crippen molar-refractivity contribution < 1.29 is 0 Å². The predicted octanol–water partition coefficient (Wildman–Crippen LogP) is 4.92. The number of aryl methyl sites for hydroxylation is 1. The van der Waals surface area contributed by atoms with Crippen LogP contribution in [0.3, 0.4) is 0 Å². The van der Waals surface area contributed by atoms with Gasteiger partial charge in [-0.3, -0.25) is 0 Å². The molecule has 0 aliphatic carbocycles. The van der Waals surface area contributed by atoms with Gasteiger partial charge >= 0.3 is 0 Å². The molecule has 17 heavy (non-hydrogen) atoms. The predicted molar refractivity (Wildman–Crippen MR) is 78.8 cm³/mol.